The van der Waals surface area contributed by atoms with Gasteiger partial charge in [-0.3, -0.25) is 4.79 Å². The number of halogens is 1. The van der Waals surface area contributed by atoms with Crippen LogP contribution in [0.15, 0.2) is 22.2 Å². The van der Waals surface area contributed by atoms with Crippen molar-refractivity contribution in [3.63, 3.8) is 0 Å². The monoisotopic (exact) mass is 401 g/mol. The summed E-state index contributed by atoms with van der Waals surface area (Å²) in [5, 5.41) is 16.5. The van der Waals surface area contributed by atoms with E-state index in [0.717, 1.165) is 37.7 Å². The van der Waals surface area contributed by atoms with Crippen molar-refractivity contribution in [2.45, 2.75) is 25.3 Å². The molecule has 2 aliphatic heterocycles. The molecule has 2 aromatic heterocycles. The second kappa shape index (κ2) is 6.16. The number of hydrogen-bond acceptors (Lipinski definition) is 6. The molecule has 1 atom stereocenters. The van der Waals surface area contributed by atoms with E-state index in [2.05, 4.69) is 15.5 Å². The molecule has 4 heterocycles. The number of amidine groups is 1. The van der Waals surface area contributed by atoms with Crippen molar-refractivity contribution < 1.29 is 19.1 Å². The van der Waals surface area contributed by atoms with Gasteiger partial charge < -0.3 is 24.7 Å². The predicted octanol–water partition coefficient (Wildman–Crippen LogP) is 1.33. The lowest BCUT2D eigenvalue weighted by molar-refractivity contribution is 0.0695. The average molecular weight is 401 g/mol. The second-order valence-electron chi connectivity index (χ2n) is 7.91. The number of nitrogens with zero attached hydrogens (tertiary/aromatic N) is 4. The molecule has 5 rings (SSSR count). The number of nitrogens with one attached hydrogen (secondary N) is 1. The molecule has 10 heteroatoms. The largest absolute Gasteiger partial charge is 0.477 e. The van der Waals surface area contributed by atoms with E-state index in [0.29, 0.717) is 18.7 Å². The van der Waals surface area contributed by atoms with E-state index in [9.17, 15) is 19.1 Å². The number of fused-ring (bicyclic) bond motifs is 1. The van der Waals surface area contributed by atoms with Crippen LogP contribution < -0.4 is 15.6 Å². The number of aromatic carboxylic acids is 1. The summed E-state index contributed by atoms with van der Waals surface area (Å²) in [5.41, 5.74) is -0.947. The summed E-state index contributed by atoms with van der Waals surface area (Å²) in [6.45, 7) is 1.87. The first-order chi connectivity index (χ1) is 13.9. The number of pyridine rings is 2. The summed E-state index contributed by atoms with van der Waals surface area (Å²) >= 11 is 0. The van der Waals surface area contributed by atoms with Crippen LogP contribution in [0.4, 0.5) is 10.2 Å². The summed E-state index contributed by atoms with van der Waals surface area (Å²) in [6, 6.07) is 1.21. The molecule has 1 unspecified atom stereocenters. The summed E-state index contributed by atoms with van der Waals surface area (Å²) in [5.74, 6) is -1.02. The number of carbonyl (C=O) groups is 1. The molecule has 1 saturated carbocycles. The van der Waals surface area contributed by atoms with E-state index >= 15 is 0 Å². The molecule has 1 spiro atoms. The quantitative estimate of drug-likeness (QED) is 0.744. The smallest absolute Gasteiger partial charge is 0.341 e. The fraction of sp³-hybridized carbons (Fsp3) is 0.474. The normalized spacial score (nSPS) is 24.8. The third kappa shape index (κ3) is 2.65. The molecule has 1 aliphatic carbocycles. The van der Waals surface area contributed by atoms with Gasteiger partial charge in [0, 0.05) is 31.9 Å². The molecule has 0 radical (unpaired) electrons. The summed E-state index contributed by atoms with van der Waals surface area (Å²) in [4.78, 5) is 35.3. The number of oxime groups is 1. The van der Waals surface area contributed by atoms with Crippen LogP contribution >= 0.6 is 0 Å². The van der Waals surface area contributed by atoms with Crippen molar-refractivity contribution in [2.75, 3.05) is 31.6 Å². The van der Waals surface area contributed by atoms with Crippen LogP contribution in [0.3, 0.4) is 0 Å². The van der Waals surface area contributed by atoms with Crippen LogP contribution in [0, 0.1) is 11.2 Å². The Morgan fingerprint density at radius 1 is 1.48 bits per heavy atom. The van der Waals surface area contributed by atoms with Crippen LogP contribution in [-0.2, 0) is 4.84 Å². The van der Waals surface area contributed by atoms with Crippen molar-refractivity contribution in [3.8, 4) is 0 Å². The topological polar surface area (TPSA) is 109 Å². The number of aromatic nitrogens is 2. The minimum Gasteiger partial charge on any atom is -0.477 e. The molecule has 152 valence electrons. The molecule has 0 aromatic carbocycles. The number of carboxylic acids is 1. The Bertz CT molecular complexity index is 1130. The van der Waals surface area contributed by atoms with Crippen LogP contribution in [0.5, 0.6) is 0 Å². The molecule has 2 saturated heterocycles. The van der Waals surface area contributed by atoms with E-state index in [1.165, 1.54) is 13.3 Å². The van der Waals surface area contributed by atoms with Gasteiger partial charge in [0.15, 0.2) is 17.5 Å². The van der Waals surface area contributed by atoms with Crippen LogP contribution in [-0.4, -0.2) is 53.2 Å². The van der Waals surface area contributed by atoms with E-state index < -0.39 is 17.2 Å². The maximum absolute atomic E-state index is 15.0. The first-order valence-electron chi connectivity index (χ1n) is 9.53. The van der Waals surface area contributed by atoms with Gasteiger partial charge in [0.25, 0.3) is 0 Å². The summed E-state index contributed by atoms with van der Waals surface area (Å²) in [6.07, 6.45) is 3.88. The number of anilines is 1. The van der Waals surface area contributed by atoms with Crippen molar-refractivity contribution in [1.29, 1.82) is 0 Å². The molecule has 9 nitrogen and oxygen atoms in total. The zero-order chi connectivity index (χ0) is 20.3. The molecule has 2 N–H and O–H groups in total. The van der Waals surface area contributed by atoms with Crippen LogP contribution in [0.25, 0.3) is 11.0 Å². The highest BCUT2D eigenvalue weighted by Gasteiger charge is 2.50. The standard InChI is InChI=1S/C19H20FN5O4/c1-29-23-18-19(8-21-18)4-5-24(9-19)16-13(20)6-11-14(26)12(17(27)28)7-25(10-2-3-10)15(11)22-16/h6-7,10H,2-5,8-9H2,1H3,(H,21,23)(H,27,28). The molecular formula is C19H20FN5O4. The molecule has 2 aromatic rings. The minimum atomic E-state index is -1.32. The highest BCUT2D eigenvalue weighted by atomic mass is 19.1. The third-order valence-electron chi connectivity index (χ3n) is 6.04. The minimum absolute atomic E-state index is 0.00101. The third-order valence-corrected chi connectivity index (χ3v) is 6.04. The Hall–Kier alpha value is -3.17. The molecule has 3 aliphatic rings. The van der Waals surface area contributed by atoms with E-state index in [4.69, 9.17) is 4.84 Å². The summed E-state index contributed by atoms with van der Waals surface area (Å²) < 4.78 is 16.7. The zero-order valence-electron chi connectivity index (χ0n) is 15.8. The maximum Gasteiger partial charge on any atom is 0.341 e. The first kappa shape index (κ1) is 17.9. The van der Waals surface area contributed by atoms with Crippen LogP contribution in [0.1, 0.15) is 35.7 Å². The van der Waals surface area contributed by atoms with E-state index in [1.54, 1.807) is 4.57 Å². The Kier molecular flexibility index (Phi) is 3.80. The average Bonchev–Trinajstić information content (AvgIpc) is 3.42. The predicted molar refractivity (Wildman–Crippen MR) is 103 cm³/mol. The number of hydrogen-bond donors (Lipinski definition) is 2. The van der Waals surface area contributed by atoms with Crippen molar-refractivity contribution in [2.24, 2.45) is 10.6 Å². The van der Waals surface area contributed by atoms with E-state index in [1.807, 2.05) is 4.90 Å². The Labute approximate surface area is 164 Å². The van der Waals surface area contributed by atoms with Crippen molar-refractivity contribution >= 4 is 28.7 Å². The van der Waals surface area contributed by atoms with Gasteiger partial charge in [-0.2, -0.15) is 0 Å². The van der Waals surface area contributed by atoms with Gasteiger partial charge in [0.05, 0.1) is 10.8 Å². The van der Waals surface area contributed by atoms with Gasteiger partial charge in [-0.05, 0) is 25.3 Å². The highest BCUT2D eigenvalue weighted by molar-refractivity contribution is 5.95. The van der Waals surface area contributed by atoms with Gasteiger partial charge >= 0.3 is 5.97 Å². The number of rotatable bonds is 4. The lowest BCUT2D eigenvalue weighted by atomic mass is 9.79. The SMILES string of the molecule is CON=C1NCC12CCN(c1nc3c(cc1F)c(=O)c(C(=O)O)cn3C1CC1)C2. The lowest BCUT2D eigenvalue weighted by Crippen LogP contribution is -2.60. The van der Waals surface area contributed by atoms with Crippen molar-refractivity contribution in [1.82, 2.24) is 14.9 Å². The van der Waals surface area contributed by atoms with E-state index in [-0.39, 0.29) is 28.2 Å². The fourth-order valence-electron chi connectivity index (χ4n) is 4.27. The van der Waals surface area contributed by atoms with Gasteiger partial charge in [-0.25, -0.2) is 14.2 Å². The van der Waals surface area contributed by atoms with Crippen LogP contribution in [0.2, 0.25) is 0 Å². The van der Waals surface area contributed by atoms with Gasteiger partial charge in [-0.15, -0.1) is 0 Å². The van der Waals surface area contributed by atoms with Gasteiger partial charge in [-0.1, -0.05) is 5.16 Å². The first-order valence-corrected chi connectivity index (χ1v) is 9.53. The Morgan fingerprint density at radius 3 is 2.90 bits per heavy atom. The van der Waals surface area contributed by atoms with Gasteiger partial charge in [0.2, 0.25) is 5.43 Å². The van der Waals surface area contributed by atoms with Crippen molar-refractivity contribution in [3.05, 3.63) is 33.9 Å². The molecule has 0 bridgehead atoms. The summed E-state index contributed by atoms with van der Waals surface area (Å²) in [7, 11) is 1.49. The lowest BCUT2D eigenvalue weighted by Gasteiger charge is -2.40. The van der Waals surface area contributed by atoms with Gasteiger partial charge in [0.1, 0.15) is 18.3 Å². The Balaban J connectivity index is 1.60. The molecular weight excluding hydrogens is 381 g/mol. The number of carboxylic acid groups (broad SMARTS) is 1. The Morgan fingerprint density at radius 2 is 2.28 bits per heavy atom. The second-order valence-corrected chi connectivity index (χ2v) is 7.91. The maximum atomic E-state index is 15.0. The molecule has 3 fully saturated rings. The fourth-order valence-corrected chi connectivity index (χ4v) is 4.27. The zero-order valence-corrected chi connectivity index (χ0v) is 15.8. The molecule has 29 heavy (non-hydrogen) atoms. The highest BCUT2D eigenvalue weighted by Crippen LogP contribution is 2.40. The molecule has 0 amide bonds.